The number of phenolic OH excluding ortho intramolecular Hbond substituents is 1. The van der Waals surface area contributed by atoms with Gasteiger partial charge >= 0.3 is 0 Å². The molecule has 0 aliphatic heterocycles. The molecule has 7 aromatic carbocycles. The summed E-state index contributed by atoms with van der Waals surface area (Å²) < 4.78 is 2.20. The van der Waals surface area contributed by atoms with Crippen molar-refractivity contribution < 1.29 is 5.11 Å². The van der Waals surface area contributed by atoms with Crippen LogP contribution in [0.1, 0.15) is 26.3 Å². The highest BCUT2D eigenvalue weighted by atomic mass is 16.3. The highest BCUT2D eigenvalue weighted by Crippen LogP contribution is 2.42. The molecule has 0 bridgehead atoms. The van der Waals surface area contributed by atoms with E-state index in [1.807, 2.05) is 48.9 Å². The van der Waals surface area contributed by atoms with Crippen LogP contribution in [0.5, 0.6) is 5.75 Å². The second-order valence-corrected chi connectivity index (χ2v) is 15.9. The molecule has 10 aromatic rings. The molecule has 0 saturated heterocycles. The minimum absolute atomic E-state index is 0.0549. The van der Waals surface area contributed by atoms with Gasteiger partial charge in [0.25, 0.3) is 0 Å². The zero-order valence-electron chi connectivity index (χ0n) is 32.6. The van der Waals surface area contributed by atoms with Crippen molar-refractivity contribution in [1.29, 1.82) is 0 Å². The third-order valence-electron chi connectivity index (χ3n) is 11.2. The zero-order valence-corrected chi connectivity index (χ0v) is 32.6. The molecule has 0 aliphatic carbocycles. The molecular weight excluding hydrogens is 709 g/mol. The Balaban J connectivity index is 1.18. The van der Waals surface area contributed by atoms with E-state index in [4.69, 9.17) is 15.0 Å². The molecule has 3 heterocycles. The number of para-hydroxylation sites is 2. The third-order valence-corrected chi connectivity index (χ3v) is 11.2. The molecular formula is C53H40N4O. The van der Waals surface area contributed by atoms with E-state index in [9.17, 15) is 5.11 Å². The number of rotatable bonds is 6. The minimum atomic E-state index is -0.0549. The van der Waals surface area contributed by atoms with E-state index in [1.165, 1.54) is 16.3 Å². The second kappa shape index (κ2) is 14.0. The van der Waals surface area contributed by atoms with E-state index in [0.29, 0.717) is 11.4 Å². The van der Waals surface area contributed by atoms with Gasteiger partial charge in [0, 0.05) is 51.8 Å². The molecule has 0 atom stereocenters. The van der Waals surface area contributed by atoms with Crippen LogP contribution in [-0.4, -0.2) is 24.6 Å². The Hall–Kier alpha value is -7.37. The summed E-state index contributed by atoms with van der Waals surface area (Å²) in [4.78, 5) is 15.1. The molecule has 0 unspecified atom stereocenters. The Labute approximate surface area is 337 Å². The molecule has 10 rings (SSSR count). The van der Waals surface area contributed by atoms with E-state index in [0.717, 1.165) is 72.1 Å². The number of aromatic nitrogens is 4. The van der Waals surface area contributed by atoms with Crippen molar-refractivity contribution in [3.63, 3.8) is 0 Å². The fraction of sp³-hybridized carbons (Fsp3) is 0.0755. The average Bonchev–Trinajstić information content (AvgIpc) is 3.65. The number of imidazole rings is 1. The van der Waals surface area contributed by atoms with E-state index in [-0.39, 0.29) is 11.2 Å². The summed E-state index contributed by atoms with van der Waals surface area (Å²) in [5.74, 6) is 0.825. The van der Waals surface area contributed by atoms with Crippen molar-refractivity contribution in [2.24, 2.45) is 0 Å². The molecule has 0 radical (unpaired) electrons. The van der Waals surface area contributed by atoms with Crippen molar-refractivity contribution in [3.05, 3.63) is 188 Å². The van der Waals surface area contributed by atoms with Gasteiger partial charge in [0.1, 0.15) is 11.6 Å². The van der Waals surface area contributed by atoms with Gasteiger partial charge in [0.05, 0.1) is 27.8 Å². The van der Waals surface area contributed by atoms with Gasteiger partial charge in [-0.1, -0.05) is 124 Å². The van der Waals surface area contributed by atoms with Gasteiger partial charge in [-0.05, 0) is 99.1 Å². The van der Waals surface area contributed by atoms with E-state index in [1.54, 1.807) is 6.07 Å². The Bertz CT molecular complexity index is 3170. The fourth-order valence-corrected chi connectivity index (χ4v) is 8.15. The predicted octanol–water partition coefficient (Wildman–Crippen LogP) is 13.5. The van der Waals surface area contributed by atoms with Crippen molar-refractivity contribution >= 4 is 32.7 Å². The molecule has 0 amide bonds. The maximum absolute atomic E-state index is 11.3. The normalized spacial score (nSPS) is 11.8. The van der Waals surface area contributed by atoms with E-state index in [2.05, 4.69) is 153 Å². The topological polar surface area (TPSA) is 63.8 Å². The summed E-state index contributed by atoms with van der Waals surface area (Å²) in [5.41, 5.74) is 13.8. The van der Waals surface area contributed by atoms with Gasteiger partial charge in [-0.15, -0.1) is 0 Å². The maximum Gasteiger partial charge on any atom is 0.149 e. The lowest BCUT2D eigenvalue weighted by molar-refractivity contribution is 0.477. The van der Waals surface area contributed by atoms with Crippen LogP contribution in [0.25, 0.3) is 94.3 Å². The fourth-order valence-electron chi connectivity index (χ4n) is 8.15. The number of phenols is 1. The highest BCUT2D eigenvalue weighted by Gasteiger charge is 2.24. The first-order valence-electron chi connectivity index (χ1n) is 19.6. The Morgan fingerprint density at radius 1 is 0.483 bits per heavy atom. The van der Waals surface area contributed by atoms with E-state index >= 15 is 0 Å². The summed E-state index contributed by atoms with van der Waals surface area (Å²) in [5, 5.41) is 14.8. The van der Waals surface area contributed by atoms with Crippen LogP contribution in [0.15, 0.2) is 182 Å². The lowest BCUT2D eigenvalue weighted by atomic mass is 9.85. The van der Waals surface area contributed by atoms with Crippen LogP contribution >= 0.6 is 0 Å². The first-order chi connectivity index (χ1) is 28.3. The standard InChI is InChI=1S/C53H40N4O/c1-53(2,3)42-24-25-47(45(31-42)35-14-5-4-6-15-35)57-48-20-11-19-43(51(48)56-52(57)44-18-9-10-21-49(44)58)40-29-41(33-54-32-40)46-30-39(28-38-17-12-26-55-50(38)46)37-23-22-34-13-7-8-16-36(34)27-37/h4-33,58H,1-3H3. The Kier molecular flexibility index (Phi) is 8.45. The van der Waals surface area contributed by atoms with Crippen LogP contribution in [0.3, 0.4) is 0 Å². The number of benzene rings is 7. The minimum Gasteiger partial charge on any atom is -0.507 e. The smallest absolute Gasteiger partial charge is 0.149 e. The quantitative estimate of drug-likeness (QED) is 0.184. The maximum atomic E-state index is 11.3. The predicted molar refractivity (Wildman–Crippen MR) is 239 cm³/mol. The van der Waals surface area contributed by atoms with Crippen LogP contribution in [0.2, 0.25) is 0 Å². The number of aromatic hydroxyl groups is 1. The third kappa shape index (κ3) is 6.18. The van der Waals surface area contributed by atoms with Crippen molar-refractivity contribution in [2.45, 2.75) is 26.2 Å². The number of fused-ring (bicyclic) bond motifs is 3. The van der Waals surface area contributed by atoms with Crippen molar-refractivity contribution in [3.8, 4) is 67.3 Å². The van der Waals surface area contributed by atoms with E-state index < -0.39 is 0 Å². The molecule has 5 nitrogen and oxygen atoms in total. The molecule has 278 valence electrons. The van der Waals surface area contributed by atoms with Crippen molar-refractivity contribution in [2.75, 3.05) is 0 Å². The Morgan fingerprint density at radius 3 is 2.03 bits per heavy atom. The molecule has 0 spiro atoms. The van der Waals surface area contributed by atoms with Gasteiger partial charge in [0.2, 0.25) is 0 Å². The van der Waals surface area contributed by atoms with Crippen LogP contribution in [0.4, 0.5) is 0 Å². The summed E-state index contributed by atoms with van der Waals surface area (Å²) in [6.07, 6.45) is 5.68. The first kappa shape index (κ1) is 35.1. The van der Waals surface area contributed by atoms with Gasteiger partial charge in [-0.3, -0.25) is 14.5 Å². The highest BCUT2D eigenvalue weighted by molar-refractivity contribution is 6.01. The molecule has 58 heavy (non-hydrogen) atoms. The van der Waals surface area contributed by atoms with Crippen LogP contribution < -0.4 is 0 Å². The van der Waals surface area contributed by atoms with Gasteiger partial charge in [-0.25, -0.2) is 4.98 Å². The SMILES string of the molecule is CC(C)(C)c1ccc(-n2c(-c3ccccc3O)nc3c(-c4cncc(-c5cc(-c6ccc7ccccc7c6)cc6cccnc56)c4)cccc32)c(-c2ccccc2)c1. The second-order valence-electron chi connectivity index (χ2n) is 15.9. The molecule has 0 fully saturated rings. The lowest BCUT2D eigenvalue weighted by Crippen LogP contribution is -2.12. The molecule has 1 N–H and O–H groups in total. The Morgan fingerprint density at radius 2 is 1.21 bits per heavy atom. The van der Waals surface area contributed by atoms with Gasteiger partial charge in [0.15, 0.2) is 0 Å². The lowest BCUT2D eigenvalue weighted by Gasteiger charge is -2.23. The zero-order chi connectivity index (χ0) is 39.4. The monoisotopic (exact) mass is 748 g/mol. The van der Waals surface area contributed by atoms with Crippen molar-refractivity contribution in [1.82, 2.24) is 19.5 Å². The summed E-state index contributed by atoms with van der Waals surface area (Å²) in [6.45, 7) is 6.72. The molecule has 3 aromatic heterocycles. The first-order valence-corrected chi connectivity index (χ1v) is 19.6. The summed E-state index contributed by atoms with van der Waals surface area (Å²) in [7, 11) is 0. The van der Waals surface area contributed by atoms with Crippen LogP contribution in [-0.2, 0) is 5.41 Å². The van der Waals surface area contributed by atoms with Gasteiger partial charge < -0.3 is 5.11 Å². The number of pyridine rings is 2. The average molecular weight is 749 g/mol. The number of hydrogen-bond acceptors (Lipinski definition) is 4. The number of hydrogen-bond donors (Lipinski definition) is 1. The molecule has 5 heteroatoms. The van der Waals surface area contributed by atoms with Crippen LogP contribution in [0, 0.1) is 0 Å². The molecule has 0 saturated carbocycles. The number of nitrogens with zero attached hydrogens (tertiary/aromatic N) is 4. The summed E-state index contributed by atoms with van der Waals surface area (Å²) >= 11 is 0. The van der Waals surface area contributed by atoms with Gasteiger partial charge in [-0.2, -0.15) is 0 Å². The summed E-state index contributed by atoms with van der Waals surface area (Å²) in [6, 6.07) is 56.8. The largest absolute Gasteiger partial charge is 0.507 e. The molecule has 0 aliphatic rings.